The third-order valence-electron chi connectivity index (χ3n) is 7.62. The van der Waals surface area contributed by atoms with E-state index >= 15 is 0 Å². The number of nitrogens with zero attached hydrogens (tertiary/aromatic N) is 2. The number of carbonyl (C=O) groups excluding carboxylic acids is 1. The molecule has 0 saturated carbocycles. The number of likely N-dealkylation sites (tertiary alicyclic amines) is 1. The van der Waals surface area contributed by atoms with Crippen molar-refractivity contribution in [2.75, 3.05) is 19.6 Å². The Morgan fingerprint density at radius 2 is 1.71 bits per heavy atom. The summed E-state index contributed by atoms with van der Waals surface area (Å²) < 4.78 is 5.96. The third-order valence-corrected chi connectivity index (χ3v) is 7.62. The van der Waals surface area contributed by atoms with Crippen LogP contribution in [0.15, 0.2) is 72.8 Å². The Morgan fingerprint density at radius 1 is 0.943 bits per heavy atom. The second-order valence-corrected chi connectivity index (χ2v) is 9.83. The Balaban J connectivity index is 1.11. The normalized spacial score (nSPS) is 18.6. The molecule has 3 aromatic rings. The molecule has 0 spiro atoms. The molecule has 4 heteroatoms. The number of ether oxygens (including phenoxy) is 1. The number of Topliss-reactive ketones (excluding diaryl/α,β-unsaturated/α-hetero) is 1. The molecule has 0 bridgehead atoms. The fourth-order valence-corrected chi connectivity index (χ4v) is 5.46. The first-order valence-electron chi connectivity index (χ1n) is 12.8. The number of aryl methyl sites for hydroxylation is 1. The molecule has 1 fully saturated rings. The summed E-state index contributed by atoms with van der Waals surface area (Å²) >= 11 is 0. The van der Waals surface area contributed by atoms with Crippen LogP contribution in [0.3, 0.4) is 0 Å². The number of fused-ring (bicyclic) bond motifs is 1. The second kappa shape index (κ2) is 10.9. The quantitative estimate of drug-likeness (QED) is 0.421. The van der Waals surface area contributed by atoms with E-state index in [9.17, 15) is 4.79 Å². The Morgan fingerprint density at radius 3 is 2.46 bits per heavy atom. The van der Waals surface area contributed by atoms with E-state index in [4.69, 9.17) is 10.00 Å². The number of benzene rings is 3. The molecule has 3 aromatic carbocycles. The number of ketones is 1. The SMILES string of the molecule is N#Cc1ccc(COc2ccc3c(c2)CCC(CCN2CCC(c4ccccc4)CC2)C3=O)cc1. The number of hydrogen-bond donors (Lipinski definition) is 0. The highest BCUT2D eigenvalue weighted by molar-refractivity contribution is 6.00. The molecule has 5 rings (SSSR count). The van der Waals surface area contributed by atoms with E-state index < -0.39 is 0 Å². The standard InChI is InChI=1S/C31H32N2O2/c32-21-23-6-8-24(9-7-23)22-35-29-12-13-30-28(20-29)11-10-27(31(30)34)16-19-33-17-14-26(15-18-33)25-4-2-1-3-5-25/h1-9,12-13,20,26-27H,10-11,14-19,22H2. The maximum Gasteiger partial charge on any atom is 0.166 e. The molecule has 1 aliphatic carbocycles. The molecule has 1 atom stereocenters. The van der Waals surface area contributed by atoms with Crippen molar-refractivity contribution in [3.63, 3.8) is 0 Å². The van der Waals surface area contributed by atoms with Gasteiger partial charge in [0.25, 0.3) is 0 Å². The molecule has 2 aliphatic rings. The predicted molar refractivity (Wildman–Crippen MR) is 138 cm³/mol. The van der Waals surface area contributed by atoms with Gasteiger partial charge in [0, 0.05) is 11.5 Å². The Labute approximate surface area is 208 Å². The van der Waals surface area contributed by atoms with E-state index in [-0.39, 0.29) is 5.92 Å². The van der Waals surface area contributed by atoms with E-state index in [1.54, 1.807) is 12.1 Å². The molecular formula is C31H32N2O2. The zero-order valence-corrected chi connectivity index (χ0v) is 20.2. The van der Waals surface area contributed by atoms with Crippen molar-refractivity contribution < 1.29 is 9.53 Å². The summed E-state index contributed by atoms with van der Waals surface area (Å²) in [6.45, 7) is 3.70. The van der Waals surface area contributed by atoms with Gasteiger partial charge in [0.05, 0.1) is 11.6 Å². The van der Waals surface area contributed by atoms with Gasteiger partial charge in [-0.1, -0.05) is 42.5 Å². The summed E-state index contributed by atoms with van der Waals surface area (Å²) in [5.74, 6) is 1.88. The first kappa shape index (κ1) is 23.3. The van der Waals surface area contributed by atoms with Gasteiger partial charge in [-0.05, 0) is 105 Å². The molecule has 4 nitrogen and oxygen atoms in total. The highest BCUT2D eigenvalue weighted by atomic mass is 16.5. The zero-order valence-electron chi connectivity index (χ0n) is 20.2. The number of hydrogen-bond acceptors (Lipinski definition) is 4. The Bertz CT molecular complexity index is 1190. The Hall–Kier alpha value is -3.42. The predicted octanol–water partition coefficient (Wildman–Crippen LogP) is 6.15. The van der Waals surface area contributed by atoms with Crippen molar-refractivity contribution in [1.82, 2.24) is 4.90 Å². The van der Waals surface area contributed by atoms with Crippen molar-refractivity contribution in [2.45, 2.75) is 44.6 Å². The summed E-state index contributed by atoms with van der Waals surface area (Å²) in [6, 6.07) is 26.3. The van der Waals surface area contributed by atoms with Gasteiger partial charge in [0.2, 0.25) is 0 Å². The van der Waals surface area contributed by atoms with E-state index in [2.05, 4.69) is 41.3 Å². The summed E-state index contributed by atoms with van der Waals surface area (Å²) in [6.07, 6.45) is 5.21. The van der Waals surface area contributed by atoms with Crippen LogP contribution in [0, 0.1) is 17.2 Å². The number of nitriles is 1. The molecule has 1 saturated heterocycles. The third kappa shape index (κ3) is 5.63. The fraction of sp³-hybridized carbons (Fsp3) is 0.355. The van der Waals surface area contributed by atoms with Gasteiger partial charge in [-0.25, -0.2) is 0 Å². The maximum atomic E-state index is 13.2. The van der Waals surface area contributed by atoms with Crippen LogP contribution < -0.4 is 4.74 Å². The van der Waals surface area contributed by atoms with Crippen molar-refractivity contribution >= 4 is 5.78 Å². The highest BCUT2D eigenvalue weighted by Gasteiger charge is 2.29. The molecule has 0 amide bonds. The molecule has 0 aromatic heterocycles. The van der Waals surface area contributed by atoms with Crippen LogP contribution in [-0.4, -0.2) is 30.3 Å². The maximum absolute atomic E-state index is 13.2. The first-order valence-corrected chi connectivity index (χ1v) is 12.8. The number of piperidine rings is 1. The summed E-state index contributed by atoms with van der Waals surface area (Å²) in [5.41, 5.74) is 5.10. The van der Waals surface area contributed by atoms with Gasteiger partial charge in [-0.2, -0.15) is 5.26 Å². The lowest BCUT2D eigenvalue weighted by molar-refractivity contribution is 0.0877. The van der Waals surface area contributed by atoms with Crippen LogP contribution in [0.4, 0.5) is 0 Å². The van der Waals surface area contributed by atoms with Gasteiger partial charge in [0.15, 0.2) is 5.78 Å². The molecule has 0 radical (unpaired) electrons. The highest BCUT2D eigenvalue weighted by Crippen LogP contribution is 2.32. The van der Waals surface area contributed by atoms with Crippen molar-refractivity contribution in [2.24, 2.45) is 5.92 Å². The van der Waals surface area contributed by atoms with E-state index in [0.717, 1.165) is 61.3 Å². The van der Waals surface area contributed by atoms with Crippen molar-refractivity contribution in [3.8, 4) is 11.8 Å². The second-order valence-electron chi connectivity index (χ2n) is 9.83. The molecule has 35 heavy (non-hydrogen) atoms. The largest absolute Gasteiger partial charge is 0.489 e. The minimum Gasteiger partial charge on any atom is -0.489 e. The van der Waals surface area contributed by atoms with Gasteiger partial charge in [0.1, 0.15) is 12.4 Å². The minimum absolute atomic E-state index is 0.125. The molecular weight excluding hydrogens is 432 g/mol. The Kier molecular flexibility index (Phi) is 7.25. The van der Waals surface area contributed by atoms with Crippen LogP contribution >= 0.6 is 0 Å². The zero-order chi connectivity index (χ0) is 24.0. The molecule has 1 heterocycles. The number of carbonyl (C=O) groups is 1. The number of rotatable bonds is 7. The van der Waals surface area contributed by atoms with Gasteiger partial charge in [-0.3, -0.25) is 4.79 Å². The van der Waals surface area contributed by atoms with Gasteiger partial charge < -0.3 is 9.64 Å². The lowest BCUT2D eigenvalue weighted by Crippen LogP contribution is -2.35. The minimum atomic E-state index is 0.125. The van der Waals surface area contributed by atoms with Crippen molar-refractivity contribution in [3.05, 3.63) is 101 Å². The van der Waals surface area contributed by atoms with Crippen LogP contribution in [0.25, 0.3) is 0 Å². The first-order chi connectivity index (χ1) is 17.2. The van der Waals surface area contributed by atoms with E-state index in [1.165, 1.54) is 18.4 Å². The topological polar surface area (TPSA) is 53.3 Å². The average molecular weight is 465 g/mol. The van der Waals surface area contributed by atoms with Gasteiger partial charge in [-0.15, -0.1) is 0 Å². The molecule has 178 valence electrons. The molecule has 1 aliphatic heterocycles. The molecule has 0 N–H and O–H groups in total. The van der Waals surface area contributed by atoms with Crippen LogP contribution in [0.5, 0.6) is 5.75 Å². The lowest BCUT2D eigenvalue weighted by atomic mass is 9.80. The van der Waals surface area contributed by atoms with E-state index in [0.29, 0.717) is 23.9 Å². The van der Waals surface area contributed by atoms with Crippen molar-refractivity contribution in [1.29, 1.82) is 5.26 Å². The monoisotopic (exact) mass is 464 g/mol. The summed E-state index contributed by atoms with van der Waals surface area (Å²) in [4.78, 5) is 15.7. The van der Waals surface area contributed by atoms with Crippen LogP contribution in [0.1, 0.15) is 64.2 Å². The lowest BCUT2D eigenvalue weighted by Gasteiger charge is -2.33. The average Bonchev–Trinajstić information content (AvgIpc) is 2.92. The molecule has 1 unspecified atom stereocenters. The fourth-order valence-electron chi connectivity index (χ4n) is 5.46. The van der Waals surface area contributed by atoms with Crippen LogP contribution in [-0.2, 0) is 13.0 Å². The summed E-state index contributed by atoms with van der Waals surface area (Å²) in [7, 11) is 0. The smallest absolute Gasteiger partial charge is 0.166 e. The van der Waals surface area contributed by atoms with E-state index in [1.807, 2.05) is 30.3 Å². The van der Waals surface area contributed by atoms with Crippen LogP contribution in [0.2, 0.25) is 0 Å². The van der Waals surface area contributed by atoms with Gasteiger partial charge >= 0.3 is 0 Å². The summed E-state index contributed by atoms with van der Waals surface area (Å²) in [5, 5.41) is 8.93.